The largest absolute Gasteiger partial charge is 0.501 e. The fourth-order valence-electron chi connectivity index (χ4n) is 6.56. The van der Waals surface area contributed by atoms with Crippen LogP contribution in [0.3, 0.4) is 0 Å². The standard InChI is InChI=1S/C34H40N4O3/c1-21-32(22(2)41-36-21)23-13-18-29-28(19-23)35-33(38(29)25-14-16-27(40-6)17-15-25)30-11-8-12-31(39)37(30)26-10-7-9-24(20-26)34(3,4)5/h7,9-10,13,16,18-20,25,30H,8,11-12,14-15,17H2,1-6H3/t25-,30+/m1/s1. The minimum absolute atomic E-state index is 0.0143. The van der Waals surface area contributed by atoms with Gasteiger partial charge in [-0.2, -0.15) is 0 Å². The lowest BCUT2D eigenvalue weighted by Crippen LogP contribution is -2.40. The van der Waals surface area contributed by atoms with Gasteiger partial charge in [0.15, 0.2) is 0 Å². The molecule has 7 heteroatoms. The molecule has 7 nitrogen and oxygen atoms in total. The molecular weight excluding hydrogens is 512 g/mol. The first kappa shape index (κ1) is 27.3. The molecule has 1 fully saturated rings. The van der Waals surface area contributed by atoms with Crippen LogP contribution in [0.4, 0.5) is 5.69 Å². The number of carbonyl (C=O) groups excluding carboxylic acids is 1. The summed E-state index contributed by atoms with van der Waals surface area (Å²) in [4.78, 5) is 21.0. The zero-order chi connectivity index (χ0) is 28.9. The molecule has 4 aromatic rings. The molecule has 1 aliphatic carbocycles. The van der Waals surface area contributed by atoms with Crippen LogP contribution in [-0.4, -0.2) is 27.7 Å². The first-order valence-electron chi connectivity index (χ1n) is 14.8. The van der Waals surface area contributed by atoms with Crippen LogP contribution in [0.1, 0.15) is 94.2 Å². The average Bonchev–Trinajstić information content (AvgIpc) is 3.51. The number of imidazole rings is 1. The minimum atomic E-state index is -0.144. The third kappa shape index (κ3) is 4.96. The monoisotopic (exact) mass is 552 g/mol. The van der Waals surface area contributed by atoms with Crippen LogP contribution in [0.5, 0.6) is 0 Å². The van der Waals surface area contributed by atoms with Gasteiger partial charge in [-0.05, 0) is 86.4 Å². The van der Waals surface area contributed by atoms with Crippen LogP contribution in [0.2, 0.25) is 0 Å². The number of hydrogen-bond donors (Lipinski definition) is 0. The Hall–Kier alpha value is -3.87. The maximum atomic E-state index is 13.7. The van der Waals surface area contributed by atoms with Gasteiger partial charge in [-0.3, -0.25) is 4.79 Å². The van der Waals surface area contributed by atoms with Crippen molar-refractivity contribution in [2.45, 2.75) is 90.6 Å². The SMILES string of the molecule is COC1=CC[C@@H](n2c([C@@H]3CCCC(=O)N3c3cccc(C(C)(C)C)c3)nc3cc(-c4c(C)noc4C)ccc32)CC1. The molecule has 6 rings (SSSR count). The lowest BCUT2D eigenvalue weighted by molar-refractivity contribution is -0.120. The molecule has 2 aromatic carbocycles. The number of hydrogen-bond acceptors (Lipinski definition) is 5. The Balaban J connectivity index is 1.51. The van der Waals surface area contributed by atoms with Gasteiger partial charge < -0.3 is 18.7 Å². The molecule has 0 spiro atoms. The Morgan fingerprint density at radius 2 is 1.88 bits per heavy atom. The van der Waals surface area contributed by atoms with Gasteiger partial charge in [0.2, 0.25) is 5.91 Å². The Kier molecular flexibility index (Phi) is 7.00. The van der Waals surface area contributed by atoms with Gasteiger partial charge in [0, 0.05) is 30.1 Å². The zero-order valence-electron chi connectivity index (χ0n) is 25.0. The number of nitrogens with zero attached hydrogens (tertiary/aromatic N) is 4. The summed E-state index contributed by atoms with van der Waals surface area (Å²) in [5, 5.41) is 4.17. The maximum absolute atomic E-state index is 13.7. The van der Waals surface area contributed by atoms with E-state index in [9.17, 15) is 4.79 Å². The summed E-state index contributed by atoms with van der Waals surface area (Å²) in [7, 11) is 1.75. The Labute approximate surface area is 242 Å². The molecule has 2 aromatic heterocycles. The number of benzene rings is 2. The summed E-state index contributed by atoms with van der Waals surface area (Å²) in [6.07, 6.45) is 7.20. The number of fused-ring (bicyclic) bond motifs is 1. The van der Waals surface area contributed by atoms with Gasteiger partial charge in [-0.15, -0.1) is 0 Å². The molecular formula is C34H40N4O3. The highest BCUT2D eigenvalue weighted by Gasteiger charge is 2.36. The van der Waals surface area contributed by atoms with E-state index in [0.29, 0.717) is 6.42 Å². The van der Waals surface area contributed by atoms with Crippen molar-refractivity contribution in [3.8, 4) is 11.1 Å². The van der Waals surface area contributed by atoms with Gasteiger partial charge in [0.05, 0.1) is 35.6 Å². The van der Waals surface area contributed by atoms with E-state index >= 15 is 0 Å². The number of allylic oxidation sites excluding steroid dienone is 2. The molecule has 214 valence electrons. The lowest BCUT2D eigenvalue weighted by atomic mass is 9.86. The molecule has 2 aliphatic rings. The molecule has 3 heterocycles. The number of piperidine rings is 1. The van der Waals surface area contributed by atoms with Crippen molar-refractivity contribution in [1.82, 2.24) is 14.7 Å². The topological polar surface area (TPSA) is 73.4 Å². The first-order chi connectivity index (χ1) is 19.7. The molecule has 0 unspecified atom stereocenters. The van der Waals surface area contributed by atoms with Crippen molar-refractivity contribution in [2.75, 3.05) is 12.0 Å². The van der Waals surface area contributed by atoms with E-state index in [2.05, 4.69) is 79.0 Å². The fraction of sp³-hybridized carbons (Fsp3) is 0.441. The highest BCUT2D eigenvalue weighted by Crippen LogP contribution is 2.42. The molecule has 1 saturated heterocycles. The molecule has 1 amide bonds. The number of aryl methyl sites for hydroxylation is 2. The maximum Gasteiger partial charge on any atom is 0.227 e. The zero-order valence-corrected chi connectivity index (χ0v) is 25.0. The number of carbonyl (C=O) groups is 1. The number of rotatable bonds is 5. The van der Waals surface area contributed by atoms with Crippen LogP contribution < -0.4 is 4.90 Å². The number of anilines is 1. The van der Waals surface area contributed by atoms with Crippen molar-refractivity contribution in [2.24, 2.45) is 0 Å². The van der Waals surface area contributed by atoms with Crippen molar-refractivity contribution < 1.29 is 14.1 Å². The van der Waals surface area contributed by atoms with Crippen LogP contribution in [-0.2, 0) is 14.9 Å². The molecule has 0 bridgehead atoms. The van der Waals surface area contributed by atoms with E-state index in [1.807, 2.05) is 18.7 Å². The van der Waals surface area contributed by atoms with E-state index in [1.165, 1.54) is 5.56 Å². The molecule has 0 N–H and O–H groups in total. The summed E-state index contributed by atoms with van der Waals surface area (Å²) in [5.41, 5.74) is 7.11. The lowest BCUT2D eigenvalue weighted by Gasteiger charge is -2.37. The number of ether oxygens (including phenoxy) is 1. The van der Waals surface area contributed by atoms with Crippen LogP contribution in [0.15, 0.2) is 58.8 Å². The van der Waals surface area contributed by atoms with Crippen LogP contribution in [0.25, 0.3) is 22.2 Å². The second-order valence-corrected chi connectivity index (χ2v) is 12.5. The van der Waals surface area contributed by atoms with Gasteiger partial charge in [0.1, 0.15) is 11.6 Å². The molecule has 2 atom stereocenters. The third-order valence-corrected chi connectivity index (χ3v) is 8.74. The number of aromatic nitrogens is 3. The summed E-state index contributed by atoms with van der Waals surface area (Å²) in [6, 6.07) is 15.1. The minimum Gasteiger partial charge on any atom is -0.501 e. The van der Waals surface area contributed by atoms with E-state index < -0.39 is 0 Å². The quantitative estimate of drug-likeness (QED) is 0.250. The van der Waals surface area contributed by atoms with Crippen molar-refractivity contribution in [3.63, 3.8) is 0 Å². The van der Waals surface area contributed by atoms with Crippen molar-refractivity contribution >= 4 is 22.6 Å². The van der Waals surface area contributed by atoms with Crippen molar-refractivity contribution in [3.05, 3.63) is 77.1 Å². The highest BCUT2D eigenvalue weighted by molar-refractivity contribution is 5.95. The number of amides is 1. The van der Waals surface area contributed by atoms with Crippen LogP contribution >= 0.6 is 0 Å². The normalized spacial score (nSPS) is 20.0. The van der Waals surface area contributed by atoms with Crippen molar-refractivity contribution in [1.29, 1.82) is 0 Å². The van der Waals surface area contributed by atoms with E-state index in [-0.39, 0.29) is 23.4 Å². The number of methoxy groups -OCH3 is 1. The summed E-state index contributed by atoms with van der Waals surface area (Å²) in [6.45, 7) is 10.6. The van der Waals surface area contributed by atoms with Gasteiger partial charge in [-0.1, -0.05) is 44.1 Å². The Morgan fingerprint density at radius 3 is 2.56 bits per heavy atom. The van der Waals surface area contributed by atoms with E-state index in [4.69, 9.17) is 14.2 Å². The van der Waals surface area contributed by atoms with E-state index in [1.54, 1.807) is 7.11 Å². The Morgan fingerprint density at radius 1 is 1.05 bits per heavy atom. The molecule has 0 radical (unpaired) electrons. The predicted octanol–water partition coefficient (Wildman–Crippen LogP) is 8.12. The van der Waals surface area contributed by atoms with Gasteiger partial charge in [-0.25, -0.2) is 4.98 Å². The van der Waals surface area contributed by atoms with Gasteiger partial charge >= 0.3 is 0 Å². The molecule has 41 heavy (non-hydrogen) atoms. The summed E-state index contributed by atoms with van der Waals surface area (Å²) >= 11 is 0. The predicted molar refractivity (Wildman–Crippen MR) is 162 cm³/mol. The van der Waals surface area contributed by atoms with Crippen LogP contribution in [0, 0.1) is 13.8 Å². The second-order valence-electron chi connectivity index (χ2n) is 12.5. The summed E-state index contributed by atoms with van der Waals surface area (Å²) < 4.78 is 13.5. The second kappa shape index (κ2) is 10.5. The smallest absolute Gasteiger partial charge is 0.227 e. The van der Waals surface area contributed by atoms with E-state index in [0.717, 1.165) is 83.0 Å². The third-order valence-electron chi connectivity index (χ3n) is 8.74. The molecule has 1 aliphatic heterocycles. The highest BCUT2D eigenvalue weighted by atomic mass is 16.5. The molecule has 0 saturated carbocycles. The summed E-state index contributed by atoms with van der Waals surface area (Å²) in [5.74, 6) is 2.96. The Bertz CT molecular complexity index is 1620. The van der Waals surface area contributed by atoms with Gasteiger partial charge in [0.25, 0.3) is 0 Å². The first-order valence-corrected chi connectivity index (χ1v) is 14.8. The fourth-order valence-corrected chi connectivity index (χ4v) is 6.56. The average molecular weight is 553 g/mol.